The summed E-state index contributed by atoms with van der Waals surface area (Å²) in [5.41, 5.74) is 0.414. The monoisotopic (exact) mass is 337 g/mol. The Morgan fingerprint density at radius 1 is 1.05 bits per heavy atom. The van der Waals surface area contributed by atoms with Crippen molar-refractivity contribution < 1.29 is 9.90 Å². The van der Waals surface area contributed by atoms with Crippen molar-refractivity contribution in [1.82, 2.24) is 5.32 Å². The third-order valence-electron chi connectivity index (χ3n) is 3.37. The first-order valence-electron chi connectivity index (χ1n) is 6.86. The van der Waals surface area contributed by atoms with Crippen LogP contribution in [0.1, 0.15) is 18.1 Å². The van der Waals surface area contributed by atoms with E-state index in [0.717, 1.165) is 5.56 Å². The van der Waals surface area contributed by atoms with E-state index in [1.165, 1.54) is 0 Å². The fourth-order valence-electron chi connectivity index (χ4n) is 2.03. The average molecular weight is 338 g/mol. The van der Waals surface area contributed by atoms with Crippen LogP contribution in [0.15, 0.2) is 48.5 Å². The highest BCUT2D eigenvalue weighted by atomic mass is 35.5. The van der Waals surface area contributed by atoms with Gasteiger partial charge in [0.05, 0.1) is 13.0 Å². The Bertz CT molecular complexity index is 637. The lowest BCUT2D eigenvalue weighted by atomic mass is 9.96. The van der Waals surface area contributed by atoms with E-state index in [-0.39, 0.29) is 18.9 Å². The molecule has 1 atom stereocenters. The van der Waals surface area contributed by atoms with Crippen LogP contribution in [0.5, 0.6) is 0 Å². The fraction of sp³-hybridized carbons (Fsp3) is 0.235. The smallest absolute Gasteiger partial charge is 0.224 e. The van der Waals surface area contributed by atoms with Gasteiger partial charge in [-0.1, -0.05) is 47.5 Å². The number of nitrogens with one attached hydrogen (secondary N) is 1. The summed E-state index contributed by atoms with van der Waals surface area (Å²) in [5.74, 6) is -0.156. The molecule has 0 saturated carbocycles. The number of amides is 1. The predicted molar refractivity (Wildman–Crippen MR) is 89.2 cm³/mol. The average Bonchev–Trinajstić information content (AvgIpc) is 2.48. The maximum Gasteiger partial charge on any atom is 0.224 e. The quantitative estimate of drug-likeness (QED) is 0.876. The van der Waals surface area contributed by atoms with Crippen molar-refractivity contribution in [2.45, 2.75) is 18.9 Å². The Labute approximate surface area is 139 Å². The molecule has 116 valence electrons. The van der Waals surface area contributed by atoms with Gasteiger partial charge >= 0.3 is 0 Å². The second-order valence-electron chi connectivity index (χ2n) is 5.36. The van der Waals surface area contributed by atoms with E-state index >= 15 is 0 Å². The number of rotatable bonds is 5. The summed E-state index contributed by atoms with van der Waals surface area (Å²) in [6, 6.07) is 14.0. The summed E-state index contributed by atoms with van der Waals surface area (Å²) in [4.78, 5) is 12.0. The molecule has 1 amide bonds. The molecule has 2 N–H and O–H groups in total. The van der Waals surface area contributed by atoms with Crippen LogP contribution in [0.2, 0.25) is 10.0 Å². The van der Waals surface area contributed by atoms with Crippen LogP contribution in [0.4, 0.5) is 0 Å². The zero-order chi connectivity index (χ0) is 16.2. The minimum atomic E-state index is -1.15. The van der Waals surface area contributed by atoms with E-state index in [9.17, 15) is 9.90 Å². The standard InChI is InChI=1S/C17H17Cl2NO2/c1-17(22,13-4-8-15(19)9-5-13)11-20-16(21)10-12-2-6-14(18)7-3-12/h2-9,22H,10-11H2,1H3,(H,20,21). The molecule has 2 aromatic rings. The summed E-state index contributed by atoms with van der Waals surface area (Å²) in [5, 5.41) is 14.4. The van der Waals surface area contributed by atoms with Gasteiger partial charge in [-0.2, -0.15) is 0 Å². The molecule has 5 heteroatoms. The lowest BCUT2D eigenvalue weighted by Crippen LogP contribution is -2.39. The Morgan fingerprint density at radius 2 is 1.55 bits per heavy atom. The molecule has 22 heavy (non-hydrogen) atoms. The summed E-state index contributed by atoms with van der Waals surface area (Å²) < 4.78 is 0. The van der Waals surface area contributed by atoms with Gasteiger partial charge in [-0.25, -0.2) is 0 Å². The van der Waals surface area contributed by atoms with E-state index in [1.807, 2.05) is 0 Å². The molecule has 0 saturated heterocycles. The van der Waals surface area contributed by atoms with Crippen LogP contribution >= 0.6 is 23.2 Å². The number of carbonyl (C=O) groups excluding carboxylic acids is 1. The SMILES string of the molecule is CC(O)(CNC(=O)Cc1ccc(Cl)cc1)c1ccc(Cl)cc1. The molecule has 0 aromatic heterocycles. The molecule has 0 heterocycles. The van der Waals surface area contributed by atoms with Crippen LogP contribution < -0.4 is 5.32 Å². The Morgan fingerprint density at radius 3 is 2.09 bits per heavy atom. The van der Waals surface area contributed by atoms with E-state index in [1.54, 1.807) is 55.5 Å². The molecule has 0 radical (unpaired) electrons. The van der Waals surface area contributed by atoms with Crippen LogP contribution in [-0.2, 0) is 16.8 Å². The summed E-state index contributed by atoms with van der Waals surface area (Å²) in [6.07, 6.45) is 0.244. The summed E-state index contributed by atoms with van der Waals surface area (Å²) >= 11 is 11.6. The number of hydrogen-bond donors (Lipinski definition) is 2. The van der Waals surface area contributed by atoms with Gasteiger partial charge in [-0.3, -0.25) is 4.79 Å². The van der Waals surface area contributed by atoms with E-state index in [4.69, 9.17) is 23.2 Å². The molecule has 2 aromatic carbocycles. The lowest BCUT2D eigenvalue weighted by molar-refractivity contribution is -0.121. The molecule has 0 spiro atoms. The molecule has 0 bridgehead atoms. The van der Waals surface area contributed by atoms with Gasteiger partial charge in [0.15, 0.2) is 0 Å². The number of halogens is 2. The number of aliphatic hydroxyl groups is 1. The highest BCUT2D eigenvalue weighted by Gasteiger charge is 2.23. The normalized spacial score (nSPS) is 13.5. The first-order valence-corrected chi connectivity index (χ1v) is 7.62. The van der Waals surface area contributed by atoms with Crippen molar-refractivity contribution in [3.63, 3.8) is 0 Å². The van der Waals surface area contributed by atoms with E-state index in [0.29, 0.717) is 15.6 Å². The molecule has 0 fully saturated rings. The van der Waals surface area contributed by atoms with Crippen LogP contribution in [0.3, 0.4) is 0 Å². The maximum absolute atomic E-state index is 12.0. The molecule has 0 aliphatic carbocycles. The third kappa shape index (κ3) is 4.73. The first-order chi connectivity index (χ1) is 10.4. The molecular formula is C17H17Cl2NO2. The van der Waals surface area contributed by atoms with Gasteiger partial charge in [0.25, 0.3) is 0 Å². The molecule has 0 aliphatic heterocycles. The highest BCUT2D eigenvalue weighted by molar-refractivity contribution is 6.30. The highest BCUT2D eigenvalue weighted by Crippen LogP contribution is 2.21. The second-order valence-corrected chi connectivity index (χ2v) is 6.23. The van der Waals surface area contributed by atoms with E-state index < -0.39 is 5.60 Å². The number of hydrogen-bond acceptors (Lipinski definition) is 2. The Kier molecular flexibility index (Phi) is 5.46. The number of benzene rings is 2. The van der Waals surface area contributed by atoms with Crippen molar-refractivity contribution >= 4 is 29.1 Å². The zero-order valence-electron chi connectivity index (χ0n) is 12.1. The lowest BCUT2D eigenvalue weighted by Gasteiger charge is -2.24. The van der Waals surface area contributed by atoms with Crippen LogP contribution in [-0.4, -0.2) is 17.6 Å². The van der Waals surface area contributed by atoms with Crippen molar-refractivity contribution in [2.75, 3.05) is 6.54 Å². The van der Waals surface area contributed by atoms with Crippen molar-refractivity contribution in [2.24, 2.45) is 0 Å². The summed E-state index contributed by atoms with van der Waals surface area (Å²) in [6.45, 7) is 1.78. The molecule has 3 nitrogen and oxygen atoms in total. The fourth-order valence-corrected chi connectivity index (χ4v) is 2.28. The largest absolute Gasteiger partial charge is 0.384 e. The van der Waals surface area contributed by atoms with Gasteiger partial charge in [0.2, 0.25) is 5.91 Å². The second kappa shape index (κ2) is 7.14. The molecule has 2 rings (SSSR count). The predicted octanol–water partition coefficient (Wildman–Crippen LogP) is 3.56. The number of carbonyl (C=O) groups is 1. The van der Waals surface area contributed by atoms with Gasteiger partial charge in [-0.15, -0.1) is 0 Å². The van der Waals surface area contributed by atoms with Gasteiger partial charge in [-0.05, 0) is 42.3 Å². The molecule has 0 aliphatic rings. The molecular weight excluding hydrogens is 321 g/mol. The Balaban J connectivity index is 1.92. The van der Waals surface area contributed by atoms with Crippen molar-refractivity contribution in [3.8, 4) is 0 Å². The van der Waals surface area contributed by atoms with Gasteiger partial charge in [0.1, 0.15) is 5.60 Å². The maximum atomic E-state index is 12.0. The zero-order valence-corrected chi connectivity index (χ0v) is 13.7. The van der Waals surface area contributed by atoms with Gasteiger partial charge < -0.3 is 10.4 Å². The van der Waals surface area contributed by atoms with Gasteiger partial charge in [0, 0.05) is 10.0 Å². The van der Waals surface area contributed by atoms with Crippen molar-refractivity contribution in [1.29, 1.82) is 0 Å². The topological polar surface area (TPSA) is 49.3 Å². The molecule has 1 unspecified atom stereocenters. The Hall–Kier alpha value is -1.55. The minimum absolute atomic E-state index is 0.126. The summed E-state index contributed by atoms with van der Waals surface area (Å²) in [7, 11) is 0. The van der Waals surface area contributed by atoms with Crippen LogP contribution in [0, 0.1) is 0 Å². The van der Waals surface area contributed by atoms with Crippen molar-refractivity contribution in [3.05, 3.63) is 69.7 Å². The third-order valence-corrected chi connectivity index (χ3v) is 3.88. The first kappa shape index (κ1) is 16.8. The minimum Gasteiger partial charge on any atom is -0.384 e. The van der Waals surface area contributed by atoms with E-state index in [2.05, 4.69) is 5.32 Å². The van der Waals surface area contributed by atoms with Crippen LogP contribution in [0.25, 0.3) is 0 Å².